The van der Waals surface area contributed by atoms with Gasteiger partial charge in [-0.3, -0.25) is 4.79 Å². The minimum absolute atomic E-state index is 0.112. The van der Waals surface area contributed by atoms with Crippen molar-refractivity contribution < 1.29 is 23.7 Å². The maximum Gasteiger partial charge on any atom is 0.251 e. The van der Waals surface area contributed by atoms with Crippen molar-refractivity contribution in [2.75, 3.05) is 62.3 Å². The van der Waals surface area contributed by atoms with E-state index in [4.69, 9.17) is 18.9 Å². The molecule has 0 unspecified atom stereocenters. The minimum atomic E-state index is -0.112. The fourth-order valence-corrected chi connectivity index (χ4v) is 3.99. The van der Waals surface area contributed by atoms with Crippen LogP contribution in [0.3, 0.4) is 0 Å². The number of carbonyl (C=O) groups is 1. The average Bonchev–Trinajstić information content (AvgIpc) is 3.48. The van der Waals surface area contributed by atoms with Crippen LogP contribution < -0.4 is 30.7 Å². The van der Waals surface area contributed by atoms with E-state index in [2.05, 4.69) is 50.1 Å². The predicted molar refractivity (Wildman–Crippen MR) is 157 cm³/mol. The molecule has 0 aliphatic carbocycles. The standard InChI is InChI=1S/C29H39N7O5/c1-3-23(4-2)33-29-35-27(34-28(36-29)32-19-21-10-11-24-25(18-21)41-20-40-24)31-13-15-39-17-16-38-14-12-30-26(37)22-8-6-5-7-9-22/h5-11,18,23H,3-4,12-17,19-20H2,1-2H3,(H,30,37)(H3,31,32,33,34,35,36). The van der Waals surface area contributed by atoms with Gasteiger partial charge in [-0.1, -0.05) is 38.1 Å². The molecule has 41 heavy (non-hydrogen) atoms. The summed E-state index contributed by atoms with van der Waals surface area (Å²) < 4.78 is 22.1. The number of hydrogen-bond donors (Lipinski definition) is 4. The van der Waals surface area contributed by atoms with E-state index < -0.39 is 0 Å². The summed E-state index contributed by atoms with van der Waals surface area (Å²) in [5.41, 5.74) is 1.65. The Balaban J connectivity index is 1.17. The molecule has 0 saturated heterocycles. The van der Waals surface area contributed by atoms with E-state index in [9.17, 15) is 4.79 Å². The zero-order valence-electron chi connectivity index (χ0n) is 23.7. The van der Waals surface area contributed by atoms with Gasteiger partial charge in [-0.15, -0.1) is 0 Å². The van der Waals surface area contributed by atoms with E-state index in [1.54, 1.807) is 12.1 Å². The molecular weight excluding hydrogens is 526 g/mol. The fourth-order valence-electron chi connectivity index (χ4n) is 3.99. The summed E-state index contributed by atoms with van der Waals surface area (Å²) in [6.07, 6.45) is 1.92. The molecule has 2 aromatic carbocycles. The molecule has 0 saturated carbocycles. The number of rotatable bonds is 18. The average molecular weight is 566 g/mol. The van der Waals surface area contributed by atoms with E-state index in [1.165, 1.54) is 0 Å². The summed E-state index contributed by atoms with van der Waals surface area (Å²) >= 11 is 0. The Hall–Kier alpha value is -4.16. The number of carbonyl (C=O) groups excluding carboxylic acids is 1. The molecule has 220 valence electrons. The Bertz CT molecular complexity index is 1230. The molecule has 0 fully saturated rings. The molecule has 0 bridgehead atoms. The van der Waals surface area contributed by atoms with Crippen molar-refractivity contribution >= 4 is 23.8 Å². The van der Waals surface area contributed by atoms with Crippen molar-refractivity contribution in [3.05, 3.63) is 59.7 Å². The summed E-state index contributed by atoms with van der Waals surface area (Å²) in [5.74, 6) is 2.80. The van der Waals surface area contributed by atoms with Crippen LogP contribution >= 0.6 is 0 Å². The first kappa shape index (κ1) is 29.8. The van der Waals surface area contributed by atoms with E-state index in [-0.39, 0.29) is 18.7 Å². The first-order chi connectivity index (χ1) is 20.1. The summed E-state index contributed by atoms with van der Waals surface area (Å²) in [4.78, 5) is 25.6. The van der Waals surface area contributed by atoms with Gasteiger partial charge in [-0.05, 0) is 42.7 Å². The monoisotopic (exact) mass is 565 g/mol. The molecule has 0 atom stereocenters. The van der Waals surface area contributed by atoms with E-state index in [0.717, 1.165) is 29.9 Å². The first-order valence-electron chi connectivity index (χ1n) is 14.0. The summed E-state index contributed by atoms with van der Waals surface area (Å²) in [6.45, 7) is 7.71. The number of hydrogen-bond acceptors (Lipinski definition) is 11. The van der Waals surface area contributed by atoms with E-state index in [0.29, 0.717) is 69.5 Å². The number of benzene rings is 2. The third kappa shape index (κ3) is 9.76. The van der Waals surface area contributed by atoms with Gasteiger partial charge in [-0.2, -0.15) is 15.0 Å². The number of aromatic nitrogens is 3. The lowest BCUT2D eigenvalue weighted by Gasteiger charge is -2.16. The second kappa shape index (κ2) is 16.2. The second-order valence-electron chi connectivity index (χ2n) is 9.28. The molecule has 12 nitrogen and oxygen atoms in total. The highest BCUT2D eigenvalue weighted by Crippen LogP contribution is 2.32. The number of ether oxygens (including phenoxy) is 4. The van der Waals surface area contributed by atoms with Crippen molar-refractivity contribution in [1.29, 1.82) is 0 Å². The molecule has 12 heteroatoms. The van der Waals surface area contributed by atoms with Crippen LogP contribution in [0.15, 0.2) is 48.5 Å². The summed E-state index contributed by atoms with van der Waals surface area (Å²) in [6, 6.07) is 15.2. The second-order valence-corrected chi connectivity index (χ2v) is 9.28. The van der Waals surface area contributed by atoms with Crippen LogP contribution in [0.1, 0.15) is 42.6 Å². The van der Waals surface area contributed by atoms with Crippen molar-refractivity contribution in [2.45, 2.75) is 39.3 Å². The molecule has 0 spiro atoms. The highest BCUT2D eigenvalue weighted by Gasteiger charge is 2.14. The van der Waals surface area contributed by atoms with Gasteiger partial charge >= 0.3 is 0 Å². The van der Waals surface area contributed by atoms with Gasteiger partial charge in [0.1, 0.15) is 0 Å². The van der Waals surface area contributed by atoms with Crippen molar-refractivity contribution in [1.82, 2.24) is 20.3 Å². The quantitative estimate of drug-likeness (QED) is 0.168. The molecular formula is C29H39N7O5. The molecule has 1 aliphatic rings. The fraction of sp³-hybridized carbons (Fsp3) is 0.448. The van der Waals surface area contributed by atoms with Crippen LogP contribution in [0.5, 0.6) is 11.5 Å². The van der Waals surface area contributed by atoms with Gasteiger partial charge in [0.2, 0.25) is 24.6 Å². The molecule has 2 heterocycles. The number of amides is 1. The molecule has 1 aromatic heterocycles. The van der Waals surface area contributed by atoms with Gasteiger partial charge < -0.3 is 40.2 Å². The summed E-state index contributed by atoms with van der Waals surface area (Å²) in [5, 5.41) is 12.7. The first-order valence-corrected chi connectivity index (χ1v) is 14.0. The Morgan fingerprint density at radius 2 is 1.51 bits per heavy atom. The van der Waals surface area contributed by atoms with E-state index in [1.807, 2.05) is 36.4 Å². The van der Waals surface area contributed by atoms with Gasteiger partial charge in [0.25, 0.3) is 5.91 Å². The zero-order valence-corrected chi connectivity index (χ0v) is 23.7. The molecule has 3 aromatic rings. The zero-order chi connectivity index (χ0) is 28.7. The van der Waals surface area contributed by atoms with Crippen LogP contribution in [0, 0.1) is 0 Å². The lowest BCUT2D eigenvalue weighted by atomic mass is 10.2. The van der Waals surface area contributed by atoms with Crippen molar-refractivity contribution in [3.8, 4) is 11.5 Å². The van der Waals surface area contributed by atoms with Crippen LogP contribution in [0.2, 0.25) is 0 Å². The van der Waals surface area contributed by atoms with Crippen LogP contribution in [0.25, 0.3) is 0 Å². The van der Waals surface area contributed by atoms with Crippen LogP contribution in [-0.4, -0.2) is 73.2 Å². The van der Waals surface area contributed by atoms with Crippen molar-refractivity contribution in [2.24, 2.45) is 0 Å². The molecule has 1 aliphatic heterocycles. The van der Waals surface area contributed by atoms with Gasteiger partial charge in [0.05, 0.1) is 26.4 Å². The minimum Gasteiger partial charge on any atom is -0.454 e. The smallest absolute Gasteiger partial charge is 0.251 e. The summed E-state index contributed by atoms with van der Waals surface area (Å²) in [7, 11) is 0. The molecule has 0 radical (unpaired) electrons. The van der Waals surface area contributed by atoms with Gasteiger partial charge in [-0.25, -0.2) is 0 Å². The topological polar surface area (TPSA) is 141 Å². The number of anilines is 3. The third-order valence-corrected chi connectivity index (χ3v) is 6.31. The third-order valence-electron chi connectivity index (χ3n) is 6.31. The van der Waals surface area contributed by atoms with E-state index >= 15 is 0 Å². The largest absolute Gasteiger partial charge is 0.454 e. The van der Waals surface area contributed by atoms with Crippen LogP contribution in [-0.2, 0) is 16.0 Å². The van der Waals surface area contributed by atoms with Crippen LogP contribution in [0.4, 0.5) is 17.8 Å². The Morgan fingerprint density at radius 3 is 2.27 bits per heavy atom. The normalized spacial score (nSPS) is 11.9. The lowest BCUT2D eigenvalue weighted by Crippen LogP contribution is -2.27. The molecule has 4 rings (SSSR count). The van der Waals surface area contributed by atoms with Crippen molar-refractivity contribution in [3.63, 3.8) is 0 Å². The Morgan fingerprint density at radius 1 is 0.829 bits per heavy atom. The van der Waals surface area contributed by atoms with Gasteiger partial charge in [0.15, 0.2) is 11.5 Å². The lowest BCUT2D eigenvalue weighted by molar-refractivity contribution is 0.0519. The number of nitrogens with zero attached hydrogens (tertiary/aromatic N) is 3. The Kier molecular flexibility index (Phi) is 11.8. The highest BCUT2D eigenvalue weighted by atomic mass is 16.7. The highest BCUT2D eigenvalue weighted by molar-refractivity contribution is 5.94. The number of nitrogens with one attached hydrogen (secondary N) is 4. The van der Waals surface area contributed by atoms with Gasteiger partial charge in [0, 0.05) is 31.2 Å². The maximum absolute atomic E-state index is 12.0. The SMILES string of the molecule is CCC(CC)Nc1nc(NCCOCCOCCNC(=O)c2ccccc2)nc(NCc2ccc3c(c2)OCO3)n1. The predicted octanol–water partition coefficient (Wildman–Crippen LogP) is 3.69. The molecule has 4 N–H and O–H groups in total. The molecule has 1 amide bonds. The number of fused-ring (bicyclic) bond motifs is 1. The maximum atomic E-state index is 12.0. The Labute approximate surface area is 240 Å².